The number of hydrogen-bond acceptors (Lipinski definition) is 8. The monoisotopic (exact) mass is 538 g/mol. The van der Waals surface area contributed by atoms with Crippen LogP contribution < -0.4 is 27.4 Å². The Kier molecular flexibility index (Phi) is 9.04. The number of methoxy groups -OCH3 is 1. The number of carboxylic acid groups (broad SMARTS) is 1. The van der Waals surface area contributed by atoms with Crippen molar-refractivity contribution in [3.63, 3.8) is 0 Å². The molecule has 1 aromatic heterocycles. The number of aliphatic carboxylic acids is 1. The lowest BCUT2D eigenvalue weighted by Crippen LogP contribution is -2.61. The van der Waals surface area contributed by atoms with Crippen LogP contribution in [0.1, 0.15) is 29.5 Å². The van der Waals surface area contributed by atoms with Crippen molar-refractivity contribution in [2.45, 2.75) is 31.3 Å². The highest BCUT2D eigenvalue weighted by Gasteiger charge is 2.41. The molecule has 0 aliphatic rings. The third kappa shape index (κ3) is 7.44. The number of nitrogen functional groups attached to an aromatic ring is 2. The number of alkyl carbamates (subject to hydrolysis) is 1. The van der Waals surface area contributed by atoms with Crippen molar-refractivity contribution >= 4 is 46.4 Å². The van der Waals surface area contributed by atoms with Gasteiger partial charge < -0.3 is 37.3 Å². The Balaban J connectivity index is 1.75. The van der Waals surface area contributed by atoms with Gasteiger partial charge in [0, 0.05) is 30.3 Å². The van der Waals surface area contributed by atoms with E-state index in [4.69, 9.17) is 16.9 Å². The summed E-state index contributed by atoms with van der Waals surface area (Å²) < 4.78 is 4.68. The van der Waals surface area contributed by atoms with Gasteiger partial charge in [-0.05, 0) is 35.7 Å². The minimum Gasteiger partial charge on any atom is -0.481 e. The molecule has 3 amide bonds. The van der Waals surface area contributed by atoms with Crippen LogP contribution in [0.3, 0.4) is 0 Å². The number of amidine groups is 1. The summed E-state index contributed by atoms with van der Waals surface area (Å²) in [6.07, 6.45) is -1.88. The summed E-state index contributed by atoms with van der Waals surface area (Å²) in [4.78, 5) is 49.6. The van der Waals surface area contributed by atoms with E-state index in [1.54, 1.807) is 42.5 Å². The summed E-state index contributed by atoms with van der Waals surface area (Å²) in [5.74, 6) is -2.33. The predicted octanol–water partition coefficient (Wildman–Crippen LogP) is 0.364. The van der Waals surface area contributed by atoms with Crippen molar-refractivity contribution in [1.82, 2.24) is 26.1 Å². The molecule has 1 heterocycles. The number of aromatic nitrogens is 2. The second kappa shape index (κ2) is 12.4. The van der Waals surface area contributed by atoms with Crippen molar-refractivity contribution in [2.24, 2.45) is 5.73 Å². The van der Waals surface area contributed by atoms with Gasteiger partial charge in [0.1, 0.15) is 11.4 Å². The number of ether oxygens (including phenoxy) is 1. The van der Waals surface area contributed by atoms with Crippen molar-refractivity contribution in [1.29, 1.82) is 5.41 Å². The molecule has 0 aliphatic carbocycles. The smallest absolute Gasteiger partial charge is 0.407 e. The predicted molar refractivity (Wildman–Crippen MR) is 142 cm³/mol. The molecular weight excluding hydrogens is 508 g/mol. The van der Waals surface area contributed by atoms with Crippen LogP contribution in [0.5, 0.6) is 0 Å². The van der Waals surface area contributed by atoms with Crippen molar-refractivity contribution in [3.05, 3.63) is 59.2 Å². The number of nitrogens with two attached hydrogens (primary N) is 2. The molecule has 0 aliphatic heterocycles. The fourth-order valence-corrected chi connectivity index (χ4v) is 4.00. The van der Waals surface area contributed by atoms with Gasteiger partial charge in [-0.1, -0.05) is 24.3 Å². The maximum atomic E-state index is 13.4. The first-order valence-electron chi connectivity index (χ1n) is 11.8. The molecule has 206 valence electrons. The number of rotatable bonds is 12. The van der Waals surface area contributed by atoms with E-state index in [1.807, 2.05) is 0 Å². The molecule has 2 aromatic carbocycles. The fourth-order valence-electron chi connectivity index (χ4n) is 4.00. The van der Waals surface area contributed by atoms with E-state index in [2.05, 4.69) is 30.9 Å². The van der Waals surface area contributed by atoms with E-state index < -0.39 is 42.4 Å². The zero-order valence-corrected chi connectivity index (χ0v) is 21.2. The summed E-state index contributed by atoms with van der Waals surface area (Å²) in [6, 6.07) is 11.7. The second-order valence-corrected chi connectivity index (χ2v) is 8.83. The third-order valence-corrected chi connectivity index (χ3v) is 6.03. The maximum absolute atomic E-state index is 13.4. The van der Waals surface area contributed by atoms with Crippen LogP contribution in [0.4, 0.5) is 10.6 Å². The van der Waals surface area contributed by atoms with E-state index in [1.165, 1.54) is 0 Å². The molecule has 10 N–H and O–H groups in total. The molecular formula is C25H30N8O6. The fraction of sp³-hybridized carbons (Fsp3) is 0.280. The Morgan fingerprint density at radius 1 is 1.13 bits per heavy atom. The Labute approximate surface area is 223 Å². The Morgan fingerprint density at radius 3 is 2.59 bits per heavy atom. The lowest BCUT2D eigenvalue weighted by Gasteiger charge is -2.33. The molecule has 39 heavy (non-hydrogen) atoms. The van der Waals surface area contributed by atoms with E-state index >= 15 is 0 Å². The number of nitrogens with zero attached hydrogens (tertiary/aromatic N) is 1. The number of carbonyl (C=O) groups excluding carboxylic acids is 3. The number of amides is 3. The highest BCUT2D eigenvalue weighted by atomic mass is 16.5. The van der Waals surface area contributed by atoms with Crippen LogP contribution >= 0.6 is 0 Å². The lowest BCUT2D eigenvalue weighted by molar-refractivity contribution is -0.138. The Hall–Kier alpha value is -5.14. The topological polar surface area (TPSA) is 238 Å². The van der Waals surface area contributed by atoms with Crippen LogP contribution in [0.2, 0.25) is 0 Å². The number of carboxylic acids is 1. The molecule has 0 saturated carbocycles. The van der Waals surface area contributed by atoms with Gasteiger partial charge in [0.25, 0.3) is 0 Å². The largest absolute Gasteiger partial charge is 0.481 e. The number of anilines is 1. The first kappa shape index (κ1) is 28.4. The Bertz CT molecular complexity index is 1400. The van der Waals surface area contributed by atoms with Gasteiger partial charge in [0.05, 0.1) is 19.2 Å². The highest BCUT2D eigenvalue weighted by Crippen LogP contribution is 2.22. The summed E-state index contributed by atoms with van der Waals surface area (Å²) >= 11 is 0. The van der Waals surface area contributed by atoms with Gasteiger partial charge in [0.2, 0.25) is 11.8 Å². The summed E-state index contributed by atoms with van der Waals surface area (Å²) in [5, 5.41) is 32.1. The van der Waals surface area contributed by atoms with Crippen molar-refractivity contribution in [3.8, 4) is 0 Å². The van der Waals surface area contributed by atoms with Crippen LogP contribution in [0.15, 0.2) is 42.5 Å². The van der Waals surface area contributed by atoms with Crippen LogP contribution in [0, 0.1) is 5.41 Å². The van der Waals surface area contributed by atoms with Crippen molar-refractivity contribution in [2.75, 3.05) is 19.4 Å². The summed E-state index contributed by atoms with van der Waals surface area (Å²) in [7, 11) is 1.11. The van der Waals surface area contributed by atoms with Crippen LogP contribution in [-0.4, -0.2) is 64.2 Å². The summed E-state index contributed by atoms with van der Waals surface area (Å²) in [6.45, 7) is -0.283. The first-order chi connectivity index (χ1) is 18.5. The number of carbonyl (C=O) groups is 4. The molecule has 14 nitrogen and oxygen atoms in total. The van der Waals surface area contributed by atoms with E-state index in [-0.39, 0.29) is 25.2 Å². The standard InChI is InChI=1S/C25H30N8O6/c1-39-24(38)31-25(8-7-20(35)36,11-14-3-2-4-16(9-14)21(26)27)23(37)30-13-19(34)29-12-15-5-6-17-18(10-15)32-33-22(17)28/h2-6,9-10H,7-8,11-13H2,1H3,(H3,26,27)(H,29,34)(H,30,37)(H,31,38)(H,35,36)(H3,28,32,33)/t25-/m0/s1. The van der Waals surface area contributed by atoms with Gasteiger partial charge >= 0.3 is 12.1 Å². The van der Waals surface area contributed by atoms with E-state index in [0.29, 0.717) is 22.5 Å². The number of fused-ring (bicyclic) bond motifs is 1. The molecule has 14 heteroatoms. The molecule has 0 radical (unpaired) electrons. The number of nitrogens with one attached hydrogen (secondary N) is 5. The minimum absolute atomic E-state index is 0.155. The number of benzene rings is 2. The SMILES string of the molecule is COC(=O)N[C@@](CCC(=O)O)(Cc1cccc(C(=N)N)c1)C(=O)NCC(=O)NCc1ccc2c(N)n[nH]c2c1. The van der Waals surface area contributed by atoms with Gasteiger partial charge in [-0.2, -0.15) is 5.10 Å². The second-order valence-electron chi connectivity index (χ2n) is 8.83. The number of hydrogen-bond donors (Lipinski definition) is 8. The van der Waals surface area contributed by atoms with Gasteiger partial charge in [-0.25, -0.2) is 4.79 Å². The van der Waals surface area contributed by atoms with Crippen LogP contribution in [-0.2, 0) is 32.1 Å². The minimum atomic E-state index is -1.78. The molecule has 3 rings (SSSR count). The number of aromatic amines is 1. The van der Waals surface area contributed by atoms with E-state index in [0.717, 1.165) is 18.1 Å². The van der Waals surface area contributed by atoms with E-state index in [9.17, 15) is 24.3 Å². The molecule has 0 spiro atoms. The molecule has 0 saturated heterocycles. The zero-order chi connectivity index (χ0) is 28.6. The molecule has 0 unspecified atom stereocenters. The number of H-pyrrole nitrogens is 1. The maximum Gasteiger partial charge on any atom is 0.407 e. The highest BCUT2D eigenvalue weighted by molar-refractivity contribution is 5.96. The first-order valence-corrected chi connectivity index (χ1v) is 11.8. The van der Waals surface area contributed by atoms with Crippen molar-refractivity contribution < 1.29 is 29.0 Å². The quantitative estimate of drug-likeness (QED) is 0.117. The van der Waals surface area contributed by atoms with Gasteiger partial charge in [-0.3, -0.25) is 24.9 Å². The molecule has 1 atom stereocenters. The summed E-state index contributed by atoms with van der Waals surface area (Å²) in [5.41, 5.74) is 11.9. The Morgan fingerprint density at radius 2 is 1.90 bits per heavy atom. The molecule has 0 bridgehead atoms. The normalized spacial score (nSPS) is 12.2. The van der Waals surface area contributed by atoms with Gasteiger partial charge in [0.15, 0.2) is 5.82 Å². The molecule has 3 aromatic rings. The van der Waals surface area contributed by atoms with Crippen LogP contribution in [0.25, 0.3) is 10.9 Å². The average molecular weight is 539 g/mol. The molecule has 0 fully saturated rings. The third-order valence-electron chi connectivity index (χ3n) is 6.03. The van der Waals surface area contributed by atoms with Gasteiger partial charge in [-0.15, -0.1) is 0 Å². The lowest BCUT2D eigenvalue weighted by atomic mass is 9.84. The zero-order valence-electron chi connectivity index (χ0n) is 21.2. The average Bonchev–Trinajstić information content (AvgIpc) is 3.28.